The minimum Gasteiger partial charge on any atom is -0.409 e. The average Bonchev–Trinajstić information content (AvgIpc) is 2.53. The summed E-state index contributed by atoms with van der Waals surface area (Å²) < 4.78 is 13.9. The molecule has 0 radical (unpaired) electrons. The van der Waals surface area contributed by atoms with Crippen molar-refractivity contribution in [1.29, 1.82) is 0 Å². The first-order valence-corrected chi connectivity index (χ1v) is 7.67. The van der Waals surface area contributed by atoms with Crippen molar-refractivity contribution in [2.45, 2.75) is 45.1 Å². The number of amidine groups is 1. The zero-order valence-electron chi connectivity index (χ0n) is 12.3. The Kier molecular flexibility index (Phi) is 5.99. The molecule has 1 aliphatic rings. The summed E-state index contributed by atoms with van der Waals surface area (Å²) in [6, 6.07) is 4.64. The number of benzene rings is 1. The van der Waals surface area contributed by atoms with Gasteiger partial charge in [0.25, 0.3) is 0 Å². The van der Waals surface area contributed by atoms with Gasteiger partial charge in [0.15, 0.2) is 5.84 Å². The zero-order valence-corrected chi connectivity index (χ0v) is 12.3. The van der Waals surface area contributed by atoms with E-state index in [9.17, 15) is 4.39 Å². The van der Waals surface area contributed by atoms with Crippen LogP contribution in [-0.2, 0) is 6.54 Å². The second-order valence-electron chi connectivity index (χ2n) is 5.76. The number of nitrogens with two attached hydrogens (primary N) is 1. The highest BCUT2D eigenvalue weighted by Gasteiger charge is 2.12. The Labute approximate surface area is 125 Å². The standard InChI is InChI=1S/C16H24FN3O/c17-15-10-13(16(18)20-21)6-7-14(15)11-19-9-8-12-4-2-1-3-5-12/h6-7,10,12,19,21H,1-5,8-9,11H2,(H2,18,20). The van der Waals surface area contributed by atoms with Crippen molar-refractivity contribution in [3.63, 3.8) is 0 Å². The van der Waals surface area contributed by atoms with Gasteiger partial charge in [0.2, 0.25) is 0 Å². The average molecular weight is 293 g/mol. The number of hydrogen-bond donors (Lipinski definition) is 3. The largest absolute Gasteiger partial charge is 0.409 e. The van der Waals surface area contributed by atoms with Gasteiger partial charge in [-0.15, -0.1) is 0 Å². The van der Waals surface area contributed by atoms with E-state index in [1.54, 1.807) is 12.1 Å². The first-order valence-electron chi connectivity index (χ1n) is 7.67. The van der Waals surface area contributed by atoms with Gasteiger partial charge in [0.1, 0.15) is 5.82 Å². The van der Waals surface area contributed by atoms with E-state index in [4.69, 9.17) is 10.9 Å². The predicted octanol–water partition coefficient (Wildman–Crippen LogP) is 2.98. The van der Waals surface area contributed by atoms with Crippen LogP contribution in [0.3, 0.4) is 0 Å². The molecule has 0 unspecified atom stereocenters. The van der Waals surface area contributed by atoms with E-state index in [2.05, 4.69) is 10.5 Å². The fraction of sp³-hybridized carbons (Fsp3) is 0.562. The minimum absolute atomic E-state index is 0.0780. The molecule has 1 saturated carbocycles. The normalized spacial score (nSPS) is 17.1. The zero-order chi connectivity index (χ0) is 15.1. The third-order valence-electron chi connectivity index (χ3n) is 4.23. The number of hydrogen-bond acceptors (Lipinski definition) is 3. The lowest BCUT2D eigenvalue weighted by Crippen LogP contribution is -2.20. The molecular formula is C16H24FN3O. The number of nitrogens with zero attached hydrogens (tertiary/aromatic N) is 1. The van der Waals surface area contributed by atoms with Gasteiger partial charge in [-0.05, 0) is 24.9 Å². The van der Waals surface area contributed by atoms with Crippen LogP contribution in [0.25, 0.3) is 0 Å². The van der Waals surface area contributed by atoms with Gasteiger partial charge in [0, 0.05) is 17.7 Å². The molecule has 1 fully saturated rings. The van der Waals surface area contributed by atoms with Crippen molar-refractivity contribution in [2.24, 2.45) is 16.8 Å². The van der Waals surface area contributed by atoms with E-state index in [0.29, 0.717) is 17.7 Å². The third kappa shape index (κ3) is 4.70. The molecule has 0 spiro atoms. The van der Waals surface area contributed by atoms with Crippen LogP contribution in [-0.4, -0.2) is 17.6 Å². The van der Waals surface area contributed by atoms with E-state index in [1.807, 2.05) is 0 Å². The molecule has 4 nitrogen and oxygen atoms in total. The molecule has 0 saturated heterocycles. The van der Waals surface area contributed by atoms with Gasteiger partial charge in [-0.3, -0.25) is 0 Å². The fourth-order valence-electron chi connectivity index (χ4n) is 2.91. The Hall–Kier alpha value is -1.62. The van der Waals surface area contributed by atoms with Gasteiger partial charge in [-0.1, -0.05) is 49.4 Å². The Morgan fingerprint density at radius 2 is 2.10 bits per heavy atom. The van der Waals surface area contributed by atoms with Gasteiger partial charge < -0.3 is 16.3 Å². The van der Waals surface area contributed by atoms with E-state index in [-0.39, 0.29) is 11.7 Å². The van der Waals surface area contributed by atoms with E-state index in [0.717, 1.165) is 12.5 Å². The molecule has 0 aliphatic heterocycles. The SMILES string of the molecule is NC(=NO)c1ccc(CNCCC2CCCCC2)c(F)c1. The summed E-state index contributed by atoms with van der Waals surface area (Å²) in [5.41, 5.74) is 6.43. The summed E-state index contributed by atoms with van der Waals surface area (Å²) in [6.07, 6.45) is 7.93. The van der Waals surface area contributed by atoms with Crippen molar-refractivity contribution < 1.29 is 9.60 Å². The van der Waals surface area contributed by atoms with Crippen LogP contribution in [0.1, 0.15) is 49.7 Å². The summed E-state index contributed by atoms with van der Waals surface area (Å²) in [6.45, 7) is 1.43. The van der Waals surface area contributed by atoms with Crippen molar-refractivity contribution in [3.8, 4) is 0 Å². The maximum absolute atomic E-state index is 13.9. The van der Waals surface area contributed by atoms with Crippen molar-refractivity contribution in [2.75, 3.05) is 6.54 Å². The smallest absolute Gasteiger partial charge is 0.170 e. The van der Waals surface area contributed by atoms with Crippen LogP contribution >= 0.6 is 0 Å². The van der Waals surface area contributed by atoms with Crippen LogP contribution in [0.5, 0.6) is 0 Å². The van der Waals surface area contributed by atoms with E-state index in [1.165, 1.54) is 44.6 Å². The molecule has 0 heterocycles. The third-order valence-corrected chi connectivity index (χ3v) is 4.23. The summed E-state index contributed by atoms with van der Waals surface area (Å²) in [7, 11) is 0. The molecule has 5 heteroatoms. The van der Waals surface area contributed by atoms with Gasteiger partial charge in [-0.2, -0.15) is 0 Å². The topological polar surface area (TPSA) is 70.6 Å². The van der Waals surface area contributed by atoms with Crippen molar-refractivity contribution >= 4 is 5.84 Å². The van der Waals surface area contributed by atoms with Gasteiger partial charge in [-0.25, -0.2) is 4.39 Å². The molecular weight excluding hydrogens is 269 g/mol. The highest BCUT2D eigenvalue weighted by atomic mass is 19.1. The number of nitrogens with one attached hydrogen (secondary N) is 1. The maximum Gasteiger partial charge on any atom is 0.170 e. The van der Waals surface area contributed by atoms with Gasteiger partial charge >= 0.3 is 0 Å². The maximum atomic E-state index is 13.9. The summed E-state index contributed by atoms with van der Waals surface area (Å²) >= 11 is 0. The molecule has 0 bridgehead atoms. The quantitative estimate of drug-likeness (QED) is 0.248. The molecule has 21 heavy (non-hydrogen) atoms. The van der Waals surface area contributed by atoms with Crippen LogP contribution in [0.15, 0.2) is 23.4 Å². The van der Waals surface area contributed by atoms with Crippen LogP contribution in [0.2, 0.25) is 0 Å². The highest BCUT2D eigenvalue weighted by Crippen LogP contribution is 2.25. The number of halogens is 1. The van der Waals surface area contributed by atoms with Crippen LogP contribution in [0, 0.1) is 11.7 Å². The predicted molar refractivity (Wildman–Crippen MR) is 81.8 cm³/mol. The molecule has 0 atom stereocenters. The van der Waals surface area contributed by atoms with Crippen molar-refractivity contribution in [3.05, 3.63) is 35.1 Å². The minimum atomic E-state index is -0.329. The monoisotopic (exact) mass is 293 g/mol. The van der Waals surface area contributed by atoms with Crippen LogP contribution < -0.4 is 11.1 Å². The molecule has 0 aromatic heterocycles. The Balaban J connectivity index is 1.77. The molecule has 116 valence electrons. The Morgan fingerprint density at radius 1 is 1.33 bits per heavy atom. The number of oxime groups is 1. The first kappa shape index (κ1) is 15.8. The Morgan fingerprint density at radius 3 is 2.76 bits per heavy atom. The highest BCUT2D eigenvalue weighted by molar-refractivity contribution is 5.97. The summed E-state index contributed by atoms with van der Waals surface area (Å²) in [4.78, 5) is 0. The first-order chi connectivity index (χ1) is 10.2. The lowest BCUT2D eigenvalue weighted by molar-refractivity contribution is 0.318. The molecule has 0 amide bonds. The summed E-state index contributed by atoms with van der Waals surface area (Å²) in [5, 5.41) is 14.7. The molecule has 1 aromatic carbocycles. The van der Waals surface area contributed by atoms with Crippen LogP contribution in [0.4, 0.5) is 4.39 Å². The second-order valence-corrected chi connectivity index (χ2v) is 5.76. The molecule has 1 aliphatic carbocycles. The van der Waals surface area contributed by atoms with Gasteiger partial charge in [0.05, 0.1) is 0 Å². The lowest BCUT2D eigenvalue weighted by Gasteiger charge is -2.21. The fourth-order valence-corrected chi connectivity index (χ4v) is 2.91. The molecule has 1 aromatic rings. The van der Waals surface area contributed by atoms with E-state index < -0.39 is 0 Å². The lowest BCUT2D eigenvalue weighted by atomic mass is 9.87. The summed E-state index contributed by atoms with van der Waals surface area (Å²) in [5.74, 6) is 0.425. The second kappa shape index (κ2) is 7.98. The molecule has 2 rings (SSSR count). The van der Waals surface area contributed by atoms with Crippen molar-refractivity contribution in [1.82, 2.24) is 5.32 Å². The van der Waals surface area contributed by atoms with E-state index >= 15 is 0 Å². The Bertz CT molecular complexity index is 484. The number of rotatable bonds is 6. The molecule has 4 N–H and O–H groups in total.